The van der Waals surface area contributed by atoms with Crippen molar-refractivity contribution in [1.82, 2.24) is 9.80 Å². The monoisotopic (exact) mass is 474 g/mol. The predicted molar refractivity (Wildman–Crippen MR) is 134 cm³/mol. The van der Waals surface area contributed by atoms with Gasteiger partial charge in [-0.1, -0.05) is 35.9 Å². The molecule has 1 fully saturated rings. The summed E-state index contributed by atoms with van der Waals surface area (Å²) in [6.45, 7) is 3.77. The molecule has 3 aromatic rings. The van der Waals surface area contributed by atoms with Crippen molar-refractivity contribution in [3.63, 3.8) is 0 Å². The lowest BCUT2D eigenvalue weighted by molar-refractivity contribution is -0.135. The number of fused-ring (bicyclic) bond motifs is 1. The largest absolute Gasteiger partial charge is 0.491 e. The van der Waals surface area contributed by atoms with Crippen LogP contribution in [0.1, 0.15) is 45.2 Å². The van der Waals surface area contributed by atoms with E-state index in [-0.39, 0.29) is 24.4 Å². The first-order chi connectivity index (χ1) is 16.6. The summed E-state index contributed by atoms with van der Waals surface area (Å²) in [4.78, 5) is 32.0. The highest BCUT2D eigenvalue weighted by Crippen LogP contribution is 2.35. The van der Waals surface area contributed by atoms with Crippen LogP contribution in [0.25, 0.3) is 0 Å². The Balaban J connectivity index is 1.34. The Morgan fingerprint density at radius 3 is 2.68 bits per heavy atom. The Bertz CT molecular complexity index is 1160. The number of benzene rings is 2. The van der Waals surface area contributed by atoms with Gasteiger partial charge in [-0.15, -0.1) is 11.3 Å². The topological polar surface area (TPSA) is 49.9 Å². The third-order valence-electron chi connectivity index (χ3n) is 6.62. The number of hydrogen-bond acceptors (Lipinski definition) is 4. The highest BCUT2D eigenvalue weighted by atomic mass is 32.1. The minimum absolute atomic E-state index is 0.0137. The minimum Gasteiger partial charge on any atom is -0.491 e. The Kier molecular flexibility index (Phi) is 6.68. The first kappa shape index (κ1) is 22.7. The number of hydrogen-bond donors (Lipinski definition) is 0. The lowest BCUT2D eigenvalue weighted by atomic mass is 10.00. The van der Waals surface area contributed by atoms with Crippen LogP contribution in [-0.4, -0.2) is 47.9 Å². The molecule has 2 aliphatic rings. The summed E-state index contributed by atoms with van der Waals surface area (Å²) in [5, 5.41) is 2.09. The van der Waals surface area contributed by atoms with Crippen molar-refractivity contribution >= 4 is 23.2 Å². The molecule has 1 aromatic heterocycles. The van der Waals surface area contributed by atoms with Crippen LogP contribution in [0.2, 0.25) is 0 Å². The molecular formula is C28H30N2O3S. The van der Waals surface area contributed by atoms with Gasteiger partial charge in [-0.3, -0.25) is 9.59 Å². The van der Waals surface area contributed by atoms with Crippen LogP contribution in [0.15, 0.2) is 66.0 Å². The second-order valence-electron chi connectivity index (χ2n) is 9.27. The maximum absolute atomic E-state index is 13.6. The molecule has 1 aliphatic heterocycles. The van der Waals surface area contributed by atoms with Crippen LogP contribution in [-0.2, 0) is 11.2 Å². The SMILES string of the molecule is Cc1cccc(C(=O)N(CC(=O)N2CCc3sccc3C2COc2ccccc2)CC2CC2)c1. The zero-order valence-corrected chi connectivity index (χ0v) is 20.3. The van der Waals surface area contributed by atoms with E-state index in [2.05, 4.69) is 11.4 Å². The van der Waals surface area contributed by atoms with E-state index in [1.54, 1.807) is 16.2 Å². The average Bonchev–Trinajstić information content (AvgIpc) is 3.54. The molecule has 1 unspecified atom stereocenters. The Hall–Kier alpha value is -3.12. The maximum Gasteiger partial charge on any atom is 0.254 e. The Labute approximate surface area is 205 Å². The molecule has 0 saturated heterocycles. The van der Waals surface area contributed by atoms with E-state index in [0.29, 0.717) is 31.2 Å². The van der Waals surface area contributed by atoms with Gasteiger partial charge in [0.1, 0.15) is 18.9 Å². The van der Waals surface area contributed by atoms with Gasteiger partial charge in [0.25, 0.3) is 5.91 Å². The van der Waals surface area contributed by atoms with Crippen molar-refractivity contribution in [2.75, 3.05) is 26.2 Å². The zero-order chi connectivity index (χ0) is 23.5. The Morgan fingerprint density at radius 1 is 1.09 bits per heavy atom. The van der Waals surface area contributed by atoms with Crippen LogP contribution < -0.4 is 4.74 Å². The number of para-hydroxylation sites is 1. The third-order valence-corrected chi connectivity index (χ3v) is 7.62. The van der Waals surface area contributed by atoms with Gasteiger partial charge < -0.3 is 14.5 Å². The molecule has 2 amide bonds. The van der Waals surface area contributed by atoms with Gasteiger partial charge in [-0.2, -0.15) is 0 Å². The van der Waals surface area contributed by atoms with E-state index in [0.717, 1.165) is 30.6 Å². The van der Waals surface area contributed by atoms with Gasteiger partial charge in [0.2, 0.25) is 5.91 Å². The fraction of sp³-hybridized carbons (Fsp3) is 0.357. The molecule has 2 heterocycles. The quantitative estimate of drug-likeness (QED) is 0.456. The summed E-state index contributed by atoms with van der Waals surface area (Å²) in [6.07, 6.45) is 3.09. The number of ether oxygens (including phenoxy) is 1. The maximum atomic E-state index is 13.6. The van der Waals surface area contributed by atoms with E-state index < -0.39 is 0 Å². The predicted octanol–water partition coefficient (Wildman–Crippen LogP) is 5.11. The first-order valence-corrected chi connectivity index (χ1v) is 12.9. The van der Waals surface area contributed by atoms with Crippen molar-refractivity contribution in [2.45, 2.75) is 32.2 Å². The van der Waals surface area contributed by atoms with Crippen molar-refractivity contribution in [1.29, 1.82) is 0 Å². The second-order valence-corrected chi connectivity index (χ2v) is 10.3. The number of thiophene rings is 1. The lowest BCUT2D eigenvalue weighted by Gasteiger charge is -2.37. The summed E-state index contributed by atoms with van der Waals surface area (Å²) >= 11 is 1.74. The number of nitrogens with zero attached hydrogens (tertiary/aromatic N) is 2. The molecule has 1 saturated carbocycles. The van der Waals surface area contributed by atoms with Gasteiger partial charge in [-0.25, -0.2) is 0 Å². The van der Waals surface area contributed by atoms with E-state index >= 15 is 0 Å². The second kappa shape index (κ2) is 10.0. The molecule has 176 valence electrons. The van der Waals surface area contributed by atoms with Crippen LogP contribution >= 0.6 is 11.3 Å². The van der Waals surface area contributed by atoms with E-state index in [1.807, 2.05) is 66.4 Å². The summed E-state index contributed by atoms with van der Waals surface area (Å²) < 4.78 is 6.09. The van der Waals surface area contributed by atoms with Crippen LogP contribution in [0, 0.1) is 12.8 Å². The summed E-state index contributed by atoms with van der Waals surface area (Å²) in [5.74, 6) is 1.22. The lowest BCUT2D eigenvalue weighted by Crippen LogP contribution is -2.48. The molecule has 1 aliphatic carbocycles. The average molecular weight is 475 g/mol. The number of rotatable bonds is 8. The van der Waals surface area contributed by atoms with Gasteiger partial charge >= 0.3 is 0 Å². The molecule has 2 aromatic carbocycles. The molecule has 0 radical (unpaired) electrons. The van der Waals surface area contributed by atoms with Gasteiger partial charge in [-0.05, 0) is 73.4 Å². The van der Waals surface area contributed by atoms with E-state index in [1.165, 1.54) is 10.4 Å². The van der Waals surface area contributed by atoms with E-state index in [4.69, 9.17) is 4.74 Å². The third kappa shape index (κ3) is 5.17. The van der Waals surface area contributed by atoms with Gasteiger partial charge in [0.15, 0.2) is 0 Å². The number of carbonyl (C=O) groups excluding carboxylic acids is 2. The fourth-order valence-electron chi connectivity index (χ4n) is 4.61. The molecule has 5 nitrogen and oxygen atoms in total. The van der Waals surface area contributed by atoms with Crippen molar-refractivity contribution < 1.29 is 14.3 Å². The zero-order valence-electron chi connectivity index (χ0n) is 19.5. The summed E-state index contributed by atoms with van der Waals surface area (Å²) in [5.41, 5.74) is 2.86. The first-order valence-electron chi connectivity index (χ1n) is 12.0. The van der Waals surface area contributed by atoms with Crippen LogP contribution in [0.5, 0.6) is 5.75 Å². The minimum atomic E-state index is -0.153. The van der Waals surface area contributed by atoms with Gasteiger partial charge in [0, 0.05) is 23.5 Å². The van der Waals surface area contributed by atoms with E-state index in [9.17, 15) is 9.59 Å². The molecule has 0 spiro atoms. The normalized spacial score (nSPS) is 17.2. The summed E-state index contributed by atoms with van der Waals surface area (Å²) in [6, 6.07) is 19.3. The molecule has 6 heteroatoms. The van der Waals surface area contributed by atoms with Crippen molar-refractivity contribution in [3.05, 3.63) is 87.6 Å². The molecule has 0 bridgehead atoms. The fourth-order valence-corrected chi connectivity index (χ4v) is 5.54. The van der Waals surface area contributed by atoms with Crippen LogP contribution in [0.3, 0.4) is 0 Å². The van der Waals surface area contributed by atoms with Crippen LogP contribution in [0.4, 0.5) is 0 Å². The van der Waals surface area contributed by atoms with Gasteiger partial charge in [0.05, 0.1) is 6.04 Å². The smallest absolute Gasteiger partial charge is 0.254 e. The number of carbonyl (C=O) groups is 2. The molecule has 34 heavy (non-hydrogen) atoms. The number of aryl methyl sites for hydroxylation is 1. The standard InChI is InChI=1S/C28H30N2O3S/c1-20-6-5-7-22(16-20)28(32)29(17-21-10-11-21)18-27(31)30-14-12-26-24(13-15-34-26)25(30)19-33-23-8-3-2-4-9-23/h2-9,13,15-16,21,25H,10-12,14,17-19H2,1H3. The highest BCUT2D eigenvalue weighted by molar-refractivity contribution is 7.10. The molecule has 1 atom stereocenters. The molecule has 5 rings (SSSR count). The molecular weight excluding hydrogens is 444 g/mol. The Morgan fingerprint density at radius 2 is 1.91 bits per heavy atom. The van der Waals surface area contributed by atoms with Crippen molar-refractivity contribution in [3.8, 4) is 5.75 Å². The summed E-state index contributed by atoms with van der Waals surface area (Å²) in [7, 11) is 0. The number of amides is 2. The molecule has 0 N–H and O–H groups in total. The highest BCUT2D eigenvalue weighted by Gasteiger charge is 2.35. The van der Waals surface area contributed by atoms with Crippen molar-refractivity contribution in [2.24, 2.45) is 5.92 Å².